The van der Waals surface area contributed by atoms with Crippen LogP contribution in [-0.2, 0) is 14.4 Å². The molecule has 0 aromatic carbocycles. The first-order chi connectivity index (χ1) is 4.54. The van der Waals surface area contributed by atoms with Gasteiger partial charge in [-0.1, -0.05) is 0 Å². The van der Waals surface area contributed by atoms with Crippen LogP contribution >= 0.6 is 0 Å². The van der Waals surface area contributed by atoms with Gasteiger partial charge in [0.2, 0.25) is 0 Å². The summed E-state index contributed by atoms with van der Waals surface area (Å²) < 4.78 is 0. The maximum atomic E-state index is 10.1. The zero-order chi connectivity index (χ0) is 8.15. The van der Waals surface area contributed by atoms with E-state index in [1.54, 1.807) is 0 Å². The normalized spacial score (nSPS) is 7.33. The summed E-state index contributed by atoms with van der Waals surface area (Å²) >= 11 is 0. The van der Waals surface area contributed by atoms with Gasteiger partial charge in [-0.3, -0.25) is 4.79 Å². The van der Waals surface area contributed by atoms with Gasteiger partial charge >= 0.3 is 37.7 Å². The second-order valence-corrected chi connectivity index (χ2v) is 1.58. The molecule has 0 atom stereocenters. The summed E-state index contributed by atoms with van der Waals surface area (Å²) in [5, 5.41) is 19.3. The number of carboxylic acids is 2. The van der Waals surface area contributed by atoms with Crippen LogP contribution in [0.4, 0.5) is 0 Å². The van der Waals surface area contributed by atoms with Crippen LogP contribution in [0, 0.1) is 0 Å². The van der Waals surface area contributed by atoms with Crippen LogP contribution in [0.2, 0.25) is 0 Å². The van der Waals surface area contributed by atoms with E-state index in [2.05, 4.69) is 0 Å². The van der Waals surface area contributed by atoms with Gasteiger partial charge in [0.05, 0.1) is 0 Å². The molecule has 0 N–H and O–H groups in total. The van der Waals surface area contributed by atoms with Gasteiger partial charge in [0.15, 0.2) is 5.78 Å². The predicted octanol–water partition coefficient (Wildman–Crippen LogP) is -9.16. The van der Waals surface area contributed by atoms with Crippen molar-refractivity contribution in [3.63, 3.8) is 0 Å². The standard InChI is InChI=1S/C5H6O5.2Li/c6-3(5(9)10)1-2-4(7)8;;/h1-2H2,(H,7,8)(H,9,10);;/q;2*+1/p-2. The van der Waals surface area contributed by atoms with E-state index in [0.717, 1.165) is 0 Å². The Kier molecular flexibility index (Phi) is 13.2. The number of carbonyl (C=O) groups is 3. The predicted molar refractivity (Wildman–Crippen MR) is 24.3 cm³/mol. The quantitative estimate of drug-likeness (QED) is 0.299. The summed E-state index contributed by atoms with van der Waals surface area (Å²) in [6.45, 7) is 0. The largest absolute Gasteiger partial charge is 1.00 e. The summed E-state index contributed by atoms with van der Waals surface area (Å²) in [5.41, 5.74) is 0. The molecule has 0 saturated carbocycles. The van der Waals surface area contributed by atoms with Crippen LogP contribution in [0.25, 0.3) is 0 Å². The summed E-state index contributed by atoms with van der Waals surface area (Å²) in [6.07, 6.45) is -1.14. The summed E-state index contributed by atoms with van der Waals surface area (Å²) in [6, 6.07) is 0. The second kappa shape index (κ2) is 8.90. The number of carboxylic acid groups (broad SMARTS) is 2. The molecule has 0 spiro atoms. The molecule has 0 bridgehead atoms. The molecule has 12 heavy (non-hydrogen) atoms. The average Bonchev–Trinajstić information content (AvgIpc) is 1.82. The Hall–Kier alpha value is -0.195. The van der Waals surface area contributed by atoms with E-state index >= 15 is 0 Å². The molecule has 0 amide bonds. The van der Waals surface area contributed by atoms with Crippen molar-refractivity contribution in [2.24, 2.45) is 0 Å². The molecule has 0 aliphatic rings. The monoisotopic (exact) mass is 158 g/mol. The van der Waals surface area contributed by atoms with Gasteiger partial charge < -0.3 is 19.8 Å². The van der Waals surface area contributed by atoms with E-state index in [4.69, 9.17) is 0 Å². The summed E-state index contributed by atoms with van der Waals surface area (Å²) in [7, 11) is 0. The maximum Gasteiger partial charge on any atom is 1.00 e. The third-order valence-corrected chi connectivity index (χ3v) is 0.784. The second-order valence-electron chi connectivity index (χ2n) is 1.58. The molecule has 0 fully saturated rings. The van der Waals surface area contributed by atoms with Gasteiger partial charge in [-0.25, -0.2) is 0 Å². The maximum absolute atomic E-state index is 10.1. The van der Waals surface area contributed by atoms with Crippen LogP contribution in [0.15, 0.2) is 0 Å². The zero-order valence-corrected chi connectivity index (χ0v) is 6.96. The Bertz CT molecular complexity index is 179. The van der Waals surface area contributed by atoms with Gasteiger partial charge in [-0.05, 0) is 6.42 Å². The number of carbonyl (C=O) groups excluding carboxylic acids is 3. The third-order valence-electron chi connectivity index (χ3n) is 0.784. The molecule has 0 radical (unpaired) electrons. The molecule has 56 valence electrons. The molecule has 0 aliphatic carbocycles. The van der Waals surface area contributed by atoms with Gasteiger partial charge in [0.25, 0.3) is 0 Å². The number of rotatable bonds is 4. The number of ketones is 1. The van der Waals surface area contributed by atoms with Crippen molar-refractivity contribution in [1.82, 2.24) is 0 Å². The number of Topliss-reactive ketones (excluding diaryl/α,β-unsaturated/α-hetero) is 1. The summed E-state index contributed by atoms with van der Waals surface area (Å²) in [5.74, 6) is -4.53. The fourth-order valence-corrected chi connectivity index (χ4v) is 0.318. The van der Waals surface area contributed by atoms with Crippen LogP contribution < -0.4 is 47.9 Å². The van der Waals surface area contributed by atoms with Crippen molar-refractivity contribution in [1.29, 1.82) is 0 Å². The van der Waals surface area contributed by atoms with Gasteiger partial charge in [-0.15, -0.1) is 0 Å². The molecule has 0 heterocycles. The van der Waals surface area contributed by atoms with E-state index < -0.39 is 30.6 Å². The molecule has 0 unspecified atom stereocenters. The van der Waals surface area contributed by atoms with Gasteiger partial charge in [0, 0.05) is 12.4 Å². The van der Waals surface area contributed by atoms with Crippen LogP contribution in [0.1, 0.15) is 12.8 Å². The Morgan fingerprint density at radius 3 is 1.58 bits per heavy atom. The smallest absolute Gasteiger partial charge is 0.550 e. The number of hydrogen-bond donors (Lipinski definition) is 0. The number of hydrogen-bond acceptors (Lipinski definition) is 5. The molecule has 0 aliphatic heterocycles. The fourth-order valence-electron chi connectivity index (χ4n) is 0.318. The molecule has 0 aromatic heterocycles. The molecule has 0 rings (SSSR count). The zero-order valence-electron chi connectivity index (χ0n) is 6.96. The molecule has 0 saturated heterocycles. The van der Waals surface area contributed by atoms with Crippen molar-refractivity contribution >= 4 is 17.7 Å². The van der Waals surface area contributed by atoms with E-state index in [9.17, 15) is 24.6 Å². The third kappa shape index (κ3) is 9.80. The van der Waals surface area contributed by atoms with E-state index in [1.165, 1.54) is 0 Å². The summed E-state index contributed by atoms with van der Waals surface area (Å²) in [4.78, 5) is 29.4. The first kappa shape index (κ1) is 17.8. The molecular formula is C5H4Li2O5. The minimum absolute atomic E-state index is 0. The average molecular weight is 158 g/mol. The molecular weight excluding hydrogens is 154 g/mol. The fraction of sp³-hybridized carbons (Fsp3) is 0.400. The minimum Gasteiger partial charge on any atom is -0.550 e. The number of aliphatic carboxylic acids is 2. The Morgan fingerprint density at radius 1 is 0.917 bits per heavy atom. The van der Waals surface area contributed by atoms with Crippen molar-refractivity contribution in [2.75, 3.05) is 0 Å². The van der Waals surface area contributed by atoms with Gasteiger partial charge in [0.1, 0.15) is 5.97 Å². The van der Waals surface area contributed by atoms with Crippen LogP contribution in [0.5, 0.6) is 0 Å². The Labute approximate surface area is 92.9 Å². The van der Waals surface area contributed by atoms with Crippen molar-refractivity contribution < 1.29 is 62.3 Å². The molecule has 5 nitrogen and oxygen atoms in total. The first-order valence-corrected chi connectivity index (χ1v) is 2.48. The van der Waals surface area contributed by atoms with E-state index in [-0.39, 0.29) is 37.7 Å². The minimum atomic E-state index is -1.86. The molecule has 0 aromatic rings. The SMILES string of the molecule is O=C([O-])CCC(=O)C(=O)[O-].[Li+].[Li+]. The van der Waals surface area contributed by atoms with Crippen molar-refractivity contribution in [3.05, 3.63) is 0 Å². The Balaban J connectivity index is -0.000000405. The Morgan fingerprint density at radius 2 is 1.33 bits per heavy atom. The van der Waals surface area contributed by atoms with Gasteiger partial charge in [-0.2, -0.15) is 0 Å². The van der Waals surface area contributed by atoms with E-state index in [1.807, 2.05) is 0 Å². The van der Waals surface area contributed by atoms with Crippen molar-refractivity contribution in [2.45, 2.75) is 12.8 Å². The molecule has 7 heteroatoms. The van der Waals surface area contributed by atoms with Crippen LogP contribution in [0.3, 0.4) is 0 Å². The van der Waals surface area contributed by atoms with E-state index in [0.29, 0.717) is 0 Å². The van der Waals surface area contributed by atoms with Crippen LogP contribution in [-0.4, -0.2) is 17.7 Å². The van der Waals surface area contributed by atoms with Crippen molar-refractivity contribution in [3.8, 4) is 0 Å². The first-order valence-electron chi connectivity index (χ1n) is 2.48. The topological polar surface area (TPSA) is 97.3 Å².